The summed E-state index contributed by atoms with van der Waals surface area (Å²) in [6.45, 7) is 0. The molecule has 2 rings (SSSR count). The van der Waals surface area contributed by atoms with Gasteiger partial charge in [0.25, 0.3) is 0 Å². The van der Waals surface area contributed by atoms with Crippen molar-refractivity contribution in [2.75, 3.05) is 0 Å². The Balaban J connectivity index is 2.27. The quantitative estimate of drug-likeness (QED) is 0.506. The smallest absolute Gasteiger partial charge is 0.124 e. The van der Waals surface area contributed by atoms with Crippen molar-refractivity contribution in [1.82, 2.24) is 0 Å². The van der Waals surface area contributed by atoms with E-state index in [1.165, 1.54) is 18.4 Å². The fraction of sp³-hybridized carbons (Fsp3) is 0.500. The molecule has 0 aliphatic heterocycles. The van der Waals surface area contributed by atoms with E-state index in [9.17, 15) is 0 Å². The summed E-state index contributed by atoms with van der Waals surface area (Å²) in [5.74, 6) is 0. The summed E-state index contributed by atoms with van der Waals surface area (Å²) in [4.78, 5) is 0. The lowest BCUT2D eigenvalue weighted by atomic mass is 9.79. The number of nitrogens with one attached hydrogen (secondary N) is 1. The SMILES string of the molecule is N=NC1(C2=CCCCC2)C=CC=CC1. The van der Waals surface area contributed by atoms with Gasteiger partial charge in [0, 0.05) is 6.42 Å². The second kappa shape index (κ2) is 3.91. The van der Waals surface area contributed by atoms with Crippen LogP contribution in [0.5, 0.6) is 0 Å². The summed E-state index contributed by atoms with van der Waals surface area (Å²) >= 11 is 0. The maximum Gasteiger partial charge on any atom is 0.124 e. The number of allylic oxidation sites excluding steroid dienone is 3. The van der Waals surface area contributed by atoms with Crippen LogP contribution in [0, 0.1) is 5.53 Å². The molecule has 1 atom stereocenters. The van der Waals surface area contributed by atoms with Crippen molar-refractivity contribution in [2.24, 2.45) is 5.11 Å². The van der Waals surface area contributed by atoms with Crippen molar-refractivity contribution < 1.29 is 0 Å². The van der Waals surface area contributed by atoms with Crippen molar-refractivity contribution >= 4 is 0 Å². The zero-order chi connectivity index (χ0) is 9.86. The first-order valence-corrected chi connectivity index (χ1v) is 5.30. The van der Waals surface area contributed by atoms with Crippen LogP contribution in [0.3, 0.4) is 0 Å². The predicted molar refractivity (Wildman–Crippen MR) is 57.3 cm³/mol. The highest BCUT2D eigenvalue weighted by Crippen LogP contribution is 2.36. The van der Waals surface area contributed by atoms with Crippen molar-refractivity contribution in [3.05, 3.63) is 36.0 Å². The minimum absolute atomic E-state index is 0.324. The summed E-state index contributed by atoms with van der Waals surface area (Å²) < 4.78 is 0. The molecule has 0 bridgehead atoms. The van der Waals surface area contributed by atoms with Gasteiger partial charge in [0.15, 0.2) is 0 Å². The van der Waals surface area contributed by atoms with E-state index in [2.05, 4.69) is 23.3 Å². The van der Waals surface area contributed by atoms with Gasteiger partial charge in [-0.2, -0.15) is 5.11 Å². The molecule has 14 heavy (non-hydrogen) atoms. The lowest BCUT2D eigenvalue weighted by Crippen LogP contribution is -2.27. The Labute approximate surface area is 84.9 Å². The minimum Gasteiger partial charge on any atom is -0.209 e. The Morgan fingerprint density at radius 1 is 1.29 bits per heavy atom. The second-order valence-electron chi connectivity index (χ2n) is 4.00. The fourth-order valence-electron chi connectivity index (χ4n) is 2.23. The van der Waals surface area contributed by atoms with Crippen molar-refractivity contribution in [3.8, 4) is 0 Å². The van der Waals surface area contributed by atoms with Gasteiger partial charge >= 0.3 is 0 Å². The first kappa shape index (κ1) is 9.38. The molecule has 2 nitrogen and oxygen atoms in total. The third kappa shape index (κ3) is 1.57. The number of nitrogens with zero attached hydrogens (tertiary/aromatic N) is 1. The van der Waals surface area contributed by atoms with Crippen molar-refractivity contribution in [3.63, 3.8) is 0 Å². The molecule has 0 fully saturated rings. The van der Waals surface area contributed by atoms with Gasteiger partial charge in [0.1, 0.15) is 5.54 Å². The van der Waals surface area contributed by atoms with Crippen molar-refractivity contribution in [2.45, 2.75) is 37.6 Å². The van der Waals surface area contributed by atoms with Crippen LogP contribution in [0.1, 0.15) is 32.1 Å². The Hall–Kier alpha value is -1.18. The van der Waals surface area contributed by atoms with Gasteiger partial charge in [0.05, 0.1) is 0 Å². The summed E-state index contributed by atoms with van der Waals surface area (Å²) in [6, 6.07) is 0. The average molecular weight is 188 g/mol. The van der Waals surface area contributed by atoms with Crippen LogP contribution in [-0.2, 0) is 0 Å². The zero-order valence-electron chi connectivity index (χ0n) is 8.37. The molecule has 2 aliphatic carbocycles. The van der Waals surface area contributed by atoms with E-state index in [0.717, 1.165) is 19.3 Å². The molecule has 1 N–H and O–H groups in total. The highest BCUT2D eigenvalue weighted by atomic mass is 15.0. The lowest BCUT2D eigenvalue weighted by molar-refractivity contribution is 0.522. The average Bonchev–Trinajstić information content (AvgIpc) is 2.31. The summed E-state index contributed by atoms with van der Waals surface area (Å²) in [5.41, 5.74) is 8.40. The van der Waals surface area contributed by atoms with Crippen LogP contribution in [0.4, 0.5) is 0 Å². The summed E-state index contributed by atoms with van der Waals surface area (Å²) in [7, 11) is 0. The van der Waals surface area contributed by atoms with Gasteiger partial charge in [-0.15, -0.1) is 0 Å². The number of rotatable bonds is 2. The molecule has 1 unspecified atom stereocenters. The third-order valence-corrected chi connectivity index (χ3v) is 3.09. The van der Waals surface area contributed by atoms with E-state index in [0.29, 0.717) is 0 Å². The standard InChI is InChI=1S/C12H16N2/c13-14-12(9-5-2-6-10-12)11-7-3-1-4-8-11/h2,5-7,9,13H,1,3-4,8,10H2. The molecule has 0 aromatic heterocycles. The van der Waals surface area contributed by atoms with Gasteiger partial charge in [-0.3, -0.25) is 0 Å². The Morgan fingerprint density at radius 2 is 2.21 bits per heavy atom. The molecule has 0 spiro atoms. The maximum atomic E-state index is 7.38. The molecule has 74 valence electrons. The van der Waals surface area contributed by atoms with Gasteiger partial charge in [-0.25, -0.2) is 5.53 Å². The van der Waals surface area contributed by atoms with E-state index in [4.69, 9.17) is 5.53 Å². The highest BCUT2D eigenvalue weighted by Gasteiger charge is 2.31. The van der Waals surface area contributed by atoms with Crippen LogP contribution >= 0.6 is 0 Å². The van der Waals surface area contributed by atoms with Crippen LogP contribution in [0.25, 0.3) is 0 Å². The van der Waals surface area contributed by atoms with Crippen LogP contribution in [-0.4, -0.2) is 5.54 Å². The van der Waals surface area contributed by atoms with Crippen molar-refractivity contribution in [1.29, 1.82) is 5.53 Å². The van der Waals surface area contributed by atoms with Crippen LogP contribution < -0.4 is 0 Å². The van der Waals surface area contributed by atoms with Gasteiger partial charge in [0.2, 0.25) is 0 Å². The molecular weight excluding hydrogens is 172 g/mol. The molecule has 0 heterocycles. The maximum absolute atomic E-state index is 7.38. The number of hydrogen-bond donors (Lipinski definition) is 1. The molecule has 0 amide bonds. The molecule has 0 aromatic rings. The topological polar surface area (TPSA) is 36.2 Å². The number of hydrogen-bond acceptors (Lipinski definition) is 2. The summed E-state index contributed by atoms with van der Waals surface area (Å²) in [6.07, 6.45) is 16.2. The summed E-state index contributed by atoms with van der Waals surface area (Å²) in [5, 5.41) is 3.85. The van der Waals surface area contributed by atoms with E-state index in [1.807, 2.05) is 12.2 Å². The normalized spacial score (nSPS) is 31.3. The van der Waals surface area contributed by atoms with E-state index < -0.39 is 0 Å². The Morgan fingerprint density at radius 3 is 2.79 bits per heavy atom. The molecule has 0 radical (unpaired) electrons. The minimum atomic E-state index is -0.324. The van der Waals surface area contributed by atoms with Gasteiger partial charge in [-0.05, 0) is 31.3 Å². The Kier molecular flexibility index (Phi) is 2.62. The van der Waals surface area contributed by atoms with Gasteiger partial charge < -0.3 is 0 Å². The molecular formula is C12H16N2. The first-order chi connectivity index (χ1) is 6.87. The fourth-order valence-corrected chi connectivity index (χ4v) is 2.23. The molecule has 2 heteroatoms. The van der Waals surface area contributed by atoms with E-state index in [1.54, 1.807) is 0 Å². The monoisotopic (exact) mass is 188 g/mol. The predicted octanol–water partition coefficient (Wildman–Crippen LogP) is 3.77. The second-order valence-corrected chi connectivity index (χ2v) is 4.00. The lowest BCUT2D eigenvalue weighted by Gasteiger charge is -2.30. The molecule has 0 saturated carbocycles. The molecule has 2 aliphatic rings. The van der Waals surface area contributed by atoms with E-state index in [-0.39, 0.29) is 5.54 Å². The first-order valence-electron chi connectivity index (χ1n) is 5.30. The highest BCUT2D eigenvalue weighted by molar-refractivity contribution is 5.35. The van der Waals surface area contributed by atoms with E-state index >= 15 is 0 Å². The molecule has 0 saturated heterocycles. The van der Waals surface area contributed by atoms with Crippen LogP contribution in [0.15, 0.2) is 41.1 Å². The van der Waals surface area contributed by atoms with Crippen LogP contribution in [0.2, 0.25) is 0 Å². The van der Waals surface area contributed by atoms with Gasteiger partial charge in [-0.1, -0.05) is 30.4 Å². The largest absolute Gasteiger partial charge is 0.209 e. The third-order valence-electron chi connectivity index (χ3n) is 3.09. The zero-order valence-corrected chi connectivity index (χ0v) is 8.37. The Bertz CT molecular complexity index is 312. The molecule has 0 aromatic carbocycles.